The second-order valence-electron chi connectivity index (χ2n) is 4.85. The van der Waals surface area contributed by atoms with Crippen LogP contribution < -0.4 is 11.5 Å². The first-order chi connectivity index (χ1) is 9.65. The lowest BCUT2D eigenvalue weighted by atomic mass is 9.96. The zero-order valence-electron chi connectivity index (χ0n) is 11.1. The predicted octanol–water partition coefficient (Wildman–Crippen LogP) is 2.07. The van der Waals surface area contributed by atoms with Crippen LogP contribution in [-0.2, 0) is 6.42 Å². The molecule has 0 aliphatic rings. The van der Waals surface area contributed by atoms with Crippen molar-refractivity contribution in [1.82, 2.24) is 10.2 Å². The summed E-state index contributed by atoms with van der Waals surface area (Å²) in [6.45, 7) is 2.08. The van der Waals surface area contributed by atoms with Gasteiger partial charge in [-0.05, 0) is 35.2 Å². The third-order valence-electron chi connectivity index (χ3n) is 3.41. The molecule has 3 rings (SSSR count). The summed E-state index contributed by atoms with van der Waals surface area (Å²) < 4.78 is 4.91. The molecular weight excluding hydrogens is 254 g/mol. The fraction of sp³-hybridized carbons (Fsp3) is 0.200. The van der Waals surface area contributed by atoms with Crippen LogP contribution >= 0.6 is 0 Å². The van der Waals surface area contributed by atoms with Crippen LogP contribution in [0.5, 0.6) is 0 Å². The number of hydrogen-bond donors (Lipinski definition) is 2. The fourth-order valence-corrected chi connectivity index (χ4v) is 2.51. The second kappa shape index (κ2) is 4.94. The lowest BCUT2D eigenvalue weighted by molar-refractivity contribution is 0.425. The van der Waals surface area contributed by atoms with Gasteiger partial charge >= 0.3 is 5.76 Å². The molecular formula is C15H15N3O2. The van der Waals surface area contributed by atoms with E-state index in [1.165, 1.54) is 16.3 Å². The molecule has 0 saturated heterocycles. The van der Waals surface area contributed by atoms with Crippen LogP contribution in [-0.4, -0.2) is 10.2 Å². The first kappa shape index (κ1) is 12.6. The van der Waals surface area contributed by atoms with Gasteiger partial charge in [-0.25, -0.2) is 9.89 Å². The Kier molecular flexibility index (Phi) is 3.12. The van der Waals surface area contributed by atoms with E-state index in [4.69, 9.17) is 10.2 Å². The van der Waals surface area contributed by atoms with Crippen molar-refractivity contribution in [3.05, 3.63) is 64.0 Å². The number of nitrogens with two attached hydrogens (primary N) is 1. The largest absolute Gasteiger partial charge is 0.434 e. The maximum atomic E-state index is 11.0. The average molecular weight is 269 g/mol. The summed E-state index contributed by atoms with van der Waals surface area (Å²) in [4.78, 5) is 11.0. The highest BCUT2D eigenvalue weighted by Gasteiger charge is 2.15. The van der Waals surface area contributed by atoms with E-state index in [9.17, 15) is 4.79 Å². The smallest absolute Gasteiger partial charge is 0.391 e. The molecule has 1 unspecified atom stereocenters. The third-order valence-corrected chi connectivity index (χ3v) is 3.41. The standard InChI is InChI=1S/C15H15N3O2/c1-9-4-2-5-10-6-3-7-11(13(9)10)8-12(16)14-17-18-15(19)20-14/h2-7,12H,8,16H2,1H3,(H,18,19). The van der Waals surface area contributed by atoms with E-state index in [0.717, 1.165) is 5.56 Å². The molecule has 3 N–H and O–H groups in total. The van der Waals surface area contributed by atoms with Crippen LogP contribution in [0.3, 0.4) is 0 Å². The van der Waals surface area contributed by atoms with E-state index < -0.39 is 11.8 Å². The van der Waals surface area contributed by atoms with Gasteiger partial charge in [0.05, 0.1) is 6.04 Å². The average Bonchev–Trinajstić information content (AvgIpc) is 2.86. The topological polar surface area (TPSA) is 84.9 Å². The quantitative estimate of drug-likeness (QED) is 0.762. The molecule has 0 saturated carbocycles. The monoisotopic (exact) mass is 269 g/mol. The number of rotatable bonds is 3. The SMILES string of the molecule is Cc1cccc2cccc(CC(N)c3n[nH]c(=O)o3)c12. The van der Waals surface area contributed by atoms with Crippen molar-refractivity contribution in [2.75, 3.05) is 0 Å². The minimum atomic E-state index is -0.579. The zero-order chi connectivity index (χ0) is 14.1. The van der Waals surface area contributed by atoms with Gasteiger partial charge < -0.3 is 10.2 Å². The Morgan fingerprint density at radius 2 is 2.05 bits per heavy atom. The molecule has 20 heavy (non-hydrogen) atoms. The summed E-state index contributed by atoms with van der Waals surface area (Å²) in [6.07, 6.45) is 0.565. The summed E-state index contributed by atoms with van der Waals surface area (Å²) in [7, 11) is 0. The van der Waals surface area contributed by atoms with E-state index in [1.54, 1.807) is 0 Å². The fourth-order valence-electron chi connectivity index (χ4n) is 2.51. The Labute approximate surface area is 115 Å². The number of aromatic nitrogens is 2. The Balaban J connectivity index is 2.01. The van der Waals surface area contributed by atoms with Crippen molar-refractivity contribution >= 4 is 10.8 Å². The number of aromatic amines is 1. The number of H-pyrrole nitrogens is 1. The minimum absolute atomic E-state index is 0.237. The summed E-state index contributed by atoms with van der Waals surface area (Å²) in [5.41, 5.74) is 8.39. The van der Waals surface area contributed by atoms with Crippen molar-refractivity contribution in [2.24, 2.45) is 5.73 Å². The zero-order valence-corrected chi connectivity index (χ0v) is 11.1. The molecule has 1 aromatic heterocycles. The molecule has 1 heterocycles. The van der Waals surface area contributed by atoms with Gasteiger partial charge in [-0.1, -0.05) is 36.4 Å². The Morgan fingerprint density at radius 1 is 1.30 bits per heavy atom. The van der Waals surface area contributed by atoms with Crippen LogP contribution in [0.2, 0.25) is 0 Å². The van der Waals surface area contributed by atoms with Crippen molar-refractivity contribution in [3.63, 3.8) is 0 Å². The molecule has 0 aliphatic heterocycles. The Bertz CT molecular complexity index is 799. The van der Waals surface area contributed by atoms with Crippen molar-refractivity contribution in [2.45, 2.75) is 19.4 Å². The van der Waals surface area contributed by atoms with Crippen molar-refractivity contribution in [1.29, 1.82) is 0 Å². The molecule has 5 nitrogen and oxygen atoms in total. The van der Waals surface area contributed by atoms with Gasteiger partial charge in [-0.2, -0.15) is 0 Å². The van der Waals surface area contributed by atoms with Gasteiger partial charge in [0.2, 0.25) is 5.89 Å². The highest BCUT2D eigenvalue weighted by molar-refractivity contribution is 5.88. The van der Waals surface area contributed by atoms with E-state index in [1.807, 2.05) is 18.2 Å². The number of aryl methyl sites for hydroxylation is 1. The number of nitrogens with zero attached hydrogens (tertiary/aromatic N) is 1. The normalized spacial score (nSPS) is 12.7. The maximum absolute atomic E-state index is 11.0. The summed E-state index contributed by atoms with van der Waals surface area (Å²) in [5, 5.41) is 8.39. The molecule has 0 radical (unpaired) electrons. The summed E-state index contributed by atoms with van der Waals surface area (Å²) >= 11 is 0. The molecule has 102 valence electrons. The molecule has 0 amide bonds. The van der Waals surface area contributed by atoms with Gasteiger partial charge in [-0.15, -0.1) is 5.10 Å². The molecule has 1 atom stereocenters. The van der Waals surface area contributed by atoms with Gasteiger partial charge in [0.15, 0.2) is 0 Å². The lowest BCUT2D eigenvalue weighted by Gasteiger charge is -2.12. The molecule has 5 heteroatoms. The van der Waals surface area contributed by atoms with Gasteiger partial charge in [0, 0.05) is 0 Å². The van der Waals surface area contributed by atoms with Crippen LogP contribution in [0.1, 0.15) is 23.1 Å². The molecule has 0 bridgehead atoms. The van der Waals surface area contributed by atoms with Gasteiger partial charge in [0.1, 0.15) is 0 Å². The first-order valence-corrected chi connectivity index (χ1v) is 6.43. The van der Waals surface area contributed by atoms with E-state index in [-0.39, 0.29) is 5.89 Å². The van der Waals surface area contributed by atoms with E-state index in [2.05, 4.69) is 35.3 Å². The molecule has 0 spiro atoms. The number of hydrogen-bond acceptors (Lipinski definition) is 4. The summed E-state index contributed by atoms with van der Waals surface area (Å²) in [6, 6.07) is 11.9. The van der Waals surface area contributed by atoms with Crippen LogP contribution in [0, 0.1) is 6.92 Å². The first-order valence-electron chi connectivity index (χ1n) is 6.43. The van der Waals surface area contributed by atoms with Crippen LogP contribution in [0.4, 0.5) is 0 Å². The Hall–Kier alpha value is -2.40. The van der Waals surface area contributed by atoms with Gasteiger partial charge in [-0.3, -0.25) is 0 Å². The lowest BCUT2D eigenvalue weighted by Crippen LogP contribution is -2.14. The Morgan fingerprint density at radius 3 is 2.75 bits per heavy atom. The maximum Gasteiger partial charge on any atom is 0.434 e. The molecule has 0 aliphatic carbocycles. The highest BCUT2D eigenvalue weighted by atomic mass is 16.4. The predicted molar refractivity (Wildman–Crippen MR) is 76.4 cm³/mol. The third kappa shape index (κ3) is 2.23. The van der Waals surface area contributed by atoms with E-state index >= 15 is 0 Å². The number of fused-ring (bicyclic) bond motifs is 1. The van der Waals surface area contributed by atoms with E-state index in [0.29, 0.717) is 6.42 Å². The van der Waals surface area contributed by atoms with Crippen molar-refractivity contribution < 1.29 is 4.42 Å². The van der Waals surface area contributed by atoms with Crippen LogP contribution in [0.25, 0.3) is 10.8 Å². The molecule has 3 aromatic rings. The molecule has 0 fully saturated rings. The van der Waals surface area contributed by atoms with Crippen molar-refractivity contribution in [3.8, 4) is 0 Å². The highest BCUT2D eigenvalue weighted by Crippen LogP contribution is 2.25. The summed E-state index contributed by atoms with van der Waals surface area (Å²) in [5.74, 6) is -0.342. The number of nitrogens with one attached hydrogen (secondary N) is 1. The minimum Gasteiger partial charge on any atom is -0.391 e. The molecule has 2 aromatic carbocycles. The van der Waals surface area contributed by atoms with Gasteiger partial charge in [0.25, 0.3) is 0 Å². The van der Waals surface area contributed by atoms with Crippen LogP contribution in [0.15, 0.2) is 45.6 Å². The second-order valence-corrected chi connectivity index (χ2v) is 4.85. The number of benzene rings is 2.